The first-order chi connectivity index (χ1) is 12.5. The third-order valence-corrected chi connectivity index (χ3v) is 5.86. The van der Waals surface area contributed by atoms with Crippen LogP contribution in [-0.2, 0) is 17.6 Å². The predicted molar refractivity (Wildman–Crippen MR) is 99.4 cm³/mol. The van der Waals surface area contributed by atoms with Crippen LogP contribution < -0.4 is 0 Å². The number of carboxylic acid groups (broad SMARTS) is 1. The van der Waals surface area contributed by atoms with Gasteiger partial charge in [0.25, 0.3) is 5.91 Å². The summed E-state index contributed by atoms with van der Waals surface area (Å²) in [4.78, 5) is 26.5. The molecule has 1 fully saturated rings. The van der Waals surface area contributed by atoms with Crippen molar-refractivity contribution < 1.29 is 14.7 Å². The highest BCUT2D eigenvalue weighted by Gasteiger charge is 2.41. The summed E-state index contributed by atoms with van der Waals surface area (Å²) < 4.78 is 0. The Labute approximate surface area is 153 Å². The molecule has 0 spiro atoms. The molecule has 1 aliphatic carbocycles. The maximum atomic E-state index is 13.0. The number of likely N-dealkylation sites (tertiary alicyclic amines) is 1. The Bertz CT molecular complexity index is 873. The number of rotatable bonds is 3. The van der Waals surface area contributed by atoms with Gasteiger partial charge in [0.15, 0.2) is 0 Å². The van der Waals surface area contributed by atoms with Crippen molar-refractivity contribution >= 4 is 11.9 Å². The van der Waals surface area contributed by atoms with Crippen molar-refractivity contribution in [2.24, 2.45) is 5.92 Å². The molecule has 2 aliphatic rings. The highest BCUT2D eigenvalue weighted by Crippen LogP contribution is 2.35. The monoisotopic (exact) mass is 349 g/mol. The first kappa shape index (κ1) is 16.8. The molecule has 1 saturated heterocycles. The van der Waals surface area contributed by atoms with Gasteiger partial charge in [0.2, 0.25) is 0 Å². The molecule has 2 atom stereocenters. The molecule has 1 aliphatic heterocycles. The van der Waals surface area contributed by atoms with Gasteiger partial charge < -0.3 is 10.0 Å². The normalized spacial score (nSPS) is 21.7. The second-order valence-corrected chi connectivity index (χ2v) is 7.45. The van der Waals surface area contributed by atoms with Gasteiger partial charge in [-0.15, -0.1) is 0 Å². The van der Waals surface area contributed by atoms with Crippen LogP contribution in [0.3, 0.4) is 0 Å². The van der Waals surface area contributed by atoms with Gasteiger partial charge in [0, 0.05) is 24.6 Å². The SMILES string of the molecule is Cc1ccccc1C1CN(C(=O)c2ccc3c(c2)CCC3)CC1C(=O)O. The Hall–Kier alpha value is -2.62. The molecule has 1 heterocycles. The molecular weight excluding hydrogens is 326 g/mol. The minimum absolute atomic E-state index is 0.0537. The van der Waals surface area contributed by atoms with Crippen molar-refractivity contribution in [2.75, 3.05) is 13.1 Å². The molecule has 0 radical (unpaired) electrons. The number of amides is 1. The number of nitrogens with zero attached hydrogens (tertiary/aromatic N) is 1. The topological polar surface area (TPSA) is 57.6 Å². The Morgan fingerprint density at radius 2 is 1.81 bits per heavy atom. The van der Waals surface area contributed by atoms with Gasteiger partial charge in [-0.2, -0.15) is 0 Å². The van der Waals surface area contributed by atoms with E-state index >= 15 is 0 Å². The summed E-state index contributed by atoms with van der Waals surface area (Å²) >= 11 is 0. The van der Waals surface area contributed by atoms with Crippen LogP contribution in [0.1, 0.15) is 45.0 Å². The molecule has 0 bridgehead atoms. The van der Waals surface area contributed by atoms with Crippen LogP contribution in [0.4, 0.5) is 0 Å². The minimum atomic E-state index is -0.831. The van der Waals surface area contributed by atoms with E-state index in [1.165, 1.54) is 11.1 Å². The van der Waals surface area contributed by atoms with E-state index in [1.54, 1.807) is 4.90 Å². The predicted octanol–water partition coefficient (Wildman–Crippen LogP) is 3.42. The van der Waals surface area contributed by atoms with Gasteiger partial charge in [0.1, 0.15) is 0 Å². The van der Waals surface area contributed by atoms with E-state index in [0.29, 0.717) is 12.1 Å². The van der Waals surface area contributed by atoms with E-state index in [4.69, 9.17) is 0 Å². The van der Waals surface area contributed by atoms with Crippen LogP contribution in [-0.4, -0.2) is 35.0 Å². The van der Waals surface area contributed by atoms with Gasteiger partial charge in [-0.05, 0) is 60.6 Å². The maximum absolute atomic E-state index is 13.0. The second-order valence-electron chi connectivity index (χ2n) is 7.45. The maximum Gasteiger partial charge on any atom is 0.308 e. The molecule has 26 heavy (non-hydrogen) atoms. The molecule has 2 aromatic rings. The largest absolute Gasteiger partial charge is 0.481 e. The lowest BCUT2D eigenvalue weighted by Crippen LogP contribution is -2.30. The fourth-order valence-corrected chi connectivity index (χ4v) is 4.43. The van der Waals surface area contributed by atoms with Crippen molar-refractivity contribution in [3.05, 3.63) is 70.3 Å². The zero-order chi connectivity index (χ0) is 18.3. The van der Waals surface area contributed by atoms with Gasteiger partial charge in [-0.25, -0.2) is 0 Å². The van der Waals surface area contributed by atoms with Crippen LogP contribution in [0.15, 0.2) is 42.5 Å². The van der Waals surface area contributed by atoms with Crippen LogP contribution in [0.5, 0.6) is 0 Å². The van der Waals surface area contributed by atoms with E-state index in [0.717, 1.165) is 30.4 Å². The van der Waals surface area contributed by atoms with Crippen molar-refractivity contribution in [2.45, 2.75) is 32.1 Å². The lowest BCUT2D eigenvalue weighted by Gasteiger charge is -2.18. The van der Waals surface area contributed by atoms with Gasteiger partial charge in [-0.3, -0.25) is 9.59 Å². The molecule has 2 unspecified atom stereocenters. The molecule has 4 nitrogen and oxygen atoms in total. The van der Waals surface area contributed by atoms with Crippen LogP contribution in [0.2, 0.25) is 0 Å². The first-order valence-electron chi connectivity index (χ1n) is 9.24. The zero-order valence-corrected chi connectivity index (χ0v) is 14.9. The summed E-state index contributed by atoms with van der Waals surface area (Å²) in [7, 11) is 0. The molecule has 4 rings (SSSR count). The first-order valence-corrected chi connectivity index (χ1v) is 9.24. The number of carboxylic acids is 1. The molecule has 1 amide bonds. The quantitative estimate of drug-likeness (QED) is 0.924. The number of aryl methyl sites for hydroxylation is 3. The van der Waals surface area contributed by atoms with Crippen molar-refractivity contribution in [3.8, 4) is 0 Å². The zero-order valence-electron chi connectivity index (χ0n) is 14.9. The number of carbonyl (C=O) groups is 2. The van der Waals surface area contributed by atoms with E-state index in [2.05, 4.69) is 6.07 Å². The average molecular weight is 349 g/mol. The average Bonchev–Trinajstić information content (AvgIpc) is 3.28. The third-order valence-electron chi connectivity index (χ3n) is 5.86. The van der Waals surface area contributed by atoms with E-state index in [9.17, 15) is 14.7 Å². The van der Waals surface area contributed by atoms with Crippen molar-refractivity contribution in [3.63, 3.8) is 0 Å². The highest BCUT2D eigenvalue weighted by atomic mass is 16.4. The van der Waals surface area contributed by atoms with E-state index < -0.39 is 11.9 Å². The van der Waals surface area contributed by atoms with Crippen LogP contribution in [0.25, 0.3) is 0 Å². The van der Waals surface area contributed by atoms with E-state index in [-0.39, 0.29) is 18.4 Å². The Kier molecular flexibility index (Phi) is 4.27. The fourth-order valence-electron chi connectivity index (χ4n) is 4.43. The van der Waals surface area contributed by atoms with Crippen LogP contribution >= 0.6 is 0 Å². The lowest BCUT2D eigenvalue weighted by molar-refractivity contribution is -0.141. The molecule has 2 aromatic carbocycles. The summed E-state index contributed by atoms with van der Waals surface area (Å²) in [6.07, 6.45) is 3.26. The summed E-state index contributed by atoms with van der Waals surface area (Å²) in [5, 5.41) is 9.69. The van der Waals surface area contributed by atoms with Gasteiger partial charge in [0.05, 0.1) is 5.92 Å². The lowest BCUT2D eigenvalue weighted by atomic mass is 9.86. The number of hydrogen-bond acceptors (Lipinski definition) is 2. The number of carbonyl (C=O) groups excluding carboxylic acids is 1. The van der Waals surface area contributed by atoms with Crippen molar-refractivity contribution in [1.29, 1.82) is 0 Å². The molecule has 1 N–H and O–H groups in total. The van der Waals surface area contributed by atoms with E-state index in [1.807, 2.05) is 43.3 Å². The van der Waals surface area contributed by atoms with Gasteiger partial charge in [-0.1, -0.05) is 30.3 Å². The third kappa shape index (κ3) is 2.90. The van der Waals surface area contributed by atoms with Crippen LogP contribution in [0, 0.1) is 12.8 Å². The number of hydrogen-bond donors (Lipinski definition) is 1. The number of aliphatic carboxylic acids is 1. The summed E-state index contributed by atoms with van der Waals surface area (Å²) in [6.45, 7) is 2.72. The Balaban J connectivity index is 1.61. The minimum Gasteiger partial charge on any atom is -0.481 e. The van der Waals surface area contributed by atoms with Crippen molar-refractivity contribution in [1.82, 2.24) is 4.90 Å². The summed E-state index contributed by atoms with van der Waals surface area (Å²) in [5.74, 6) is -1.61. The number of fused-ring (bicyclic) bond motifs is 1. The standard InChI is InChI=1S/C22H23NO3/c1-14-5-2-3-8-18(14)19-12-23(13-20(19)22(25)26)21(24)17-10-9-15-6-4-7-16(15)11-17/h2-3,5,8-11,19-20H,4,6-7,12-13H2,1H3,(H,25,26). The smallest absolute Gasteiger partial charge is 0.308 e. The molecular formula is C22H23NO3. The fraction of sp³-hybridized carbons (Fsp3) is 0.364. The molecule has 134 valence electrons. The Morgan fingerprint density at radius 3 is 2.58 bits per heavy atom. The molecule has 0 aromatic heterocycles. The molecule has 0 saturated carbocycles. The summed E-state index contributed by atoms with van der Waals surface area (Å²) in [5.41, 5.74) is 5.39. The Morgan fingerprint density at radius 1 is 1.04 bits per heavy atom. The summed E-state index contributed by atoms with van der Waals surface area (Å²) in [6, 6.07) is 13.8. The second kappa shape index (κ2) is 6.60. The number of benzene rings is 2. The van der Waals surface area contributed by atoms with Gasteiger partial charge >= 0.3 is 5.97 Å². The molecule has 4 heteroatoms. The highest BCUT2D eigenvalue weighted by molar-refractivity contribution is 5.95.